The molecule has 1 saturated heterocycles. The summed E-state index contributed by atoms with van der Waals surface area (Å²) in [6.07, 6.45) is 4.60. The van der Waals surface area contributed by atoms with Crippen molar-refractivity contribution in [2.75, 3.05) is 12.4 Å². The van der Waals surface area contributed by atoms with Gasteiger partial charge >= 0.3 is 0 Å². The highest BCUT2D eigenvalue weighted by atomic mass is 79.9. The van der Waals surface area contributed by atoms with Gasteiger partial charge < -0.3 is 4.90 Å². The van der Waals surface area contributed by atoms with Crippen molar-refractivity contribution in [2.24, 2.45) is 0 Å². The molecule has 0 saturated carbocycles. The van der Waals surface area contributed by atoms with Crippen LogP contribution in [0, 0.1) is 0 Å². The third-order valence-corrected chi connectivity index (χ3v) is 4.34. The molecule has 4 heteroatoms. The predicted molar refractivity (Wildman–Crippen MR) is 82.4 cm³/mol. The van der Waals surface area contributed by atoms with Gasteiger partial charge in [0, 0.05) is 23.3 Å². The fraction of sp³-hybridized carbons (Fsp3) is 0.533. The van der Waals surface area contributed by atoms with Gasteiger partial charge in [-0.1, -0.05) is 28.1 Å². The Hall–Kier alpha value is -0.540. The third-order valence-electron chi connectivity index (χ3n) is 3.58. The molecule has 0 aromatic heterocycles. The molecular formula is C15H19BrClNO. The summed E-state index contributed by atoms with van der Waals surface area (Å²) in [6, 6.07) is 8.54. The Morgan fingerprint density at radius 1 is 1.42 bits per heavy atom. The second-order valence-electron chi connectivity index (χ2n) is 4.95. The monoisotopic (exact) mass is 343 g/mol. The van der Waals surface area contributed by atoms with E-state index >= 15 is 0 Å². The molecule has 0 N–H and O–H groups in total. The highest BCUT2D eigenvalue weighted by Crippen LogP contribution is 2.33. The lowest BCUT2D eigenvalue weighted by molar-refractivity contribution is -0.132. The van der Waals surface area contributed by atoms with Gasteiger partial charge in [-0.2, -0.15) is 0 Å². The number of halogens is 2. The summed E-state index contributed by atoms with van der Waals surface area (Å²) in [5.41, 5.74) is 1.23. The second-order valence-corrected chi connectivity index (χ2v) is 6.24. The molecule has 0 spiro atoms. The van der Waals surface area contributed by atoms with Crippen LogP contribution < -0.4 is 0 Å². The summed E-state index contributed by atoms with van der Waals surface area (Å²) in [7, 11) is 0. The molecule has 1 fully saturated rings. The van der Waals surface area contributed by atoms with Gasteiger partial charge in [0.05, 0.1) is 6.04 Å². The Morgan fingerprint density at radius 3 is 3.00 bits per heavy atom. The molecule has 19 heavy (non-hydrogen) atoms. The van der Waals surface area contributed by atoms with Crippen LogP contribution in [0.25, 0.3) is 0 Å². The number of rotatable bonds is 5. The van der Waals surface area contributed by atoms with Crippen molar-refractivity contribution < 1.29 is 4.79 Å². The number of alkyl halides is 1. The van der Waals surface area contributed by atoms with Crippen LogP contribution in [0.4, 0.5) is 0 Å². The number of unbranched alkanes of at least 4 members (excludes halogenated alkanes) is 1. The number of nitrogens with zero attached hydrogens (tertiary/aromatic N) is 1. The highest BCUT2D eigenvalue weighted by Gasteiger charge is 2.29. The van der Waals surface area contributed by atoms with Crippen LogP contribution >= 0.6 is 27.5 Å². The minimum atomic E-state index is 0.251. The molecule has 1 aromatic carbocycles. The minimum absolute atomic E-state index is 0.251. The molecule has 0 bridgehead atoms. The summed E-state index contributed by atoms with van der Waals surface area (Å²) in [5.74, 6) is 0.912. The van der Waals surface area contributed by atoms with Crippen molar-refractivity contribution in [1.82, 2.24) is 4.90 Å². The van der Waals surface area contributed by atoms with Gasteiger partial charge in [0.2, 0.25) is 5.91 Å². The van der Waals surface area contributed by atoms with E-state index in [1.54, 1.807) is 0 Å². The van der Waals surface area contributed by atoms with Gasteiger partial charge in [0.1, 0.15) is 0 Å². The zero-order chi connectivity index (χ0) is 13.7. The second kappa shape index (κ2) is 7.30. The van der Waals surface area contributed by atoms with E-state index in [9.17, 15) is 4.79 Å². The van der Waals surface area contributed by atoms with Crippen molar-refractivity contribution >= 4 is 33.4 Å². The standard InChI is InChI=1S/C15H19BrClNO/c16-13-6-3-5-12(11-13)14-7-4-10-18(14)15(19)8-1-2-9-17/h3,5-6,11,14H,1-2,4,7-10H2. The molecule has 2 nitrogen and oxygen atoms in total. The summed E-state index contributed by atoms with van der Waals surface area (Å²) in [6.45, 7) is 0.886. The Balaban J connectivity index is 2.02. The maximum atomic E-state index is 12.3. The maximum absolute atomic E-state index is 12.3. The van der Waals surface area contributed by atoms with Gasteiger partial charge in [-0.25, -0.2) is 0 Å². The number of likely N-dealkylation sites (tertiary alicyclic amines) is 1. The summed E-state index contributed by atoms with van der Waals surface area (Å²) >= 11 is 9.16. The molecule has 1 aromatic rings. The molecule has 1 amide bonds. The molecule has 1 aliphatic rings. The lowest BCUT2D eigenvalue weighted by atomic mass is 10.0. The van der Waals surface area contributed by atoms with Crippen molar-refractivity contribution in [2.45, 2.75) is 38.1 Å². The fourth-order valence-corrected chi connectivity index (χ4v) is 3.25. The zero-order valence-electron chi connectivity index (χ0n) is 10.9. The Bertz CT molecular complexity index is 438. The molecule has 1 unspecified atom stereocenters. The maximum Gasteiger partial charge on any atom is 0.223 e. The third kappa shape index (κ3) is 3.96. The van der Waals surface area contributed by atoms with Crippen LogP contribution in [-0.2, 0) is 4.79 Å². The number of hydrogen-bond donors (Lipinski definition) is 0. The van der Waals surface area contributed by atoms with Crippen molar-refractivity contribution in [3.8, 4) is 0 Å². The number of carbonyl (C=O) groups is 1. The summed E-state index contributed by atoms with van der Waals surface area (Å²) < 4.78 is 1.08. The number of benzene rings is 1. The van der Waals surface area contributed by atoms with Crippen LogP contribution in [0.3, 0.4) is 0 Å². The molecule has 1 atom stereocenters. The van der Waals surface area contributed by atoms with E-state index in [0.717, 1.165) is 36.7 Å². The molecule has 1 heterocycles. The smallest absolute Gasteiger partial charge is 0.223 e. The van der Waals surface area contributed by atoms with E-state index < -0.39 is 0 Å². The first-order chi connectivity index (χ1) is 9.22. The van der Waals surface area contributed by atoms with E-state index in [0.29, 0.717) is 12.3 Å². The molecule has 0 radical (unpaired) electrons. The molecule has 104 valence electrons. The average Bonchev–Trinajstić information content (AvgIpc) is 2.88. The number of amides is 1. The first-order valence-electron chi connectivity index (χ1n) is 6.83. The minimum Gasteiger partial charge on any atom is -0.336 e. The molecule has 2 rings (SSSR count). The molecular weight excluding hydrogens is 326 g/mol. The van der Waals surface area contributed by atoms with Gasteiger partial charge in [0.25, 0.3) is 0 Å². The topological polar surface area (TPSA) is 20.3 Å². The van der Waals surface area contributed by atoms with Crippen molar-refractivity contribution in [1.29, 1.82) is 0 Å². The van der Waals surface area contributed by atoms with E-state index in [-0.39, 0.29) is 11.9 Å². The van der Waals surface area contributed by atoms with E-state index in [1.165, 1.54) is 5.56 Å². The van der Waals surface area contributed by atoms with Crippen LogP contribution in [0.1, 0.15) is 43.7 Å². The average molecular weight is 345 g/mol. The normalized spacial score (nSPS) is 18.8. The lowest BCUT2D eigenvalue weighted by Crippen LogP contribution is -2.30. The predicted octanol–water partition coefficient (Wildman–Crippen LogP) is 4.52. The summed E-state index contributed by atoms with van der Waals surface area (Å²) in [5, 5.41) is 0. The van der Waals surface area contributed by atoms with Crippen LogP contribution in [0.5, 0.6) is 0 Å². The Morgan fingerprint density at radius 2 is 2.26 bits per heavy atom. The largest absolute Gasteiger partial charge is 0.336 e. The van der Waals surface area contributed by atoms with Crippen molar-refractivity contribution in [3.63, 3.8) is 0 Å². The van der Waals surface area contributed by atoms with E-state index in [4.69, 9.17) is 11.6 Å². The SMILES string of the molecule is O=C(CCCCCl)N1CCCC1c1cccc(Br)c1. The van der Waals surface area contributed by atoms with Crippen molar-refractivity contribution in [3.05, 3.63) is 34.3 Å². The lowest BCUT2D eigenvalue weighted by Gasteiger charge is -2.25. The summed E-state index contributed by atoms with van der Waals surface area (Å²) in [4.78, 5) is 14.3. The molecule has 1 aliphatic heterocycles. The fourth-order valence-electron chi connectivity index (χ4n) is 2.64. The Kier molecular flexibility index (Phi) is 5.71. The number of hydrogen-bond acceptors (Lipinski definition) is 1. The zero-order valence-corrected chi connectivity index (χ0v) is 13.3. The highest BCUT2D eigenvalue weighted by molar-refractivity contribution is 9.10. The van der Waals surface area contributed by atoms with Crippen LogP contribution in [-0.4, -0.2) is 23.2 Å². The first kappa shape index (κ1) is 14.9. The van der Waals surface area contributed by atoms with Gasteiger partial charge in [-0.3, -0.25) is 4.79 Å². The van der Waals surface area contributed by atoms with Crippen LogP contribution in [0.15, 0.2) is 28.7 Å². The Labute approximate surface area is 128 Å². The van der Waals surface area contributed by atoms with Gasteiger partial charge in [0.15, 0.2) is 0 Å². The quantitative estimate of drug-likeness (QED) is 0.568. The van der Waals surface area contributed by atoms with Gasteiger partial charge in [-0.15, -0.1) is 11.6 Å². The van der Waals surface area contributed by atoms with Crippen LogP contribution in [0.2, 0.25) is 0 Å². The first-order valence-corrected chi connectivity index (χ1v) is 8.16. The van der Waals surface area contributed by atoms with E-state index in [1.807, 2.05) is 17.0 Å². The molecule has 0 aliphatic carbocycles. The number of carbonyl (C=O) groups excluding carboxylic acids is 1. The van der Waals surface area contributed by atoms with E-state index in [2.05, 4.69) is 28.1 Å². The van der Waals surface area contributed by atoms with Gasteiger partial charge in [-0.05, 0) is 43.4 Å².